The van der Waals surface area contributed by atoms with Crippen LogP contribution in [-0.4, -0.2) is 0 Å². The molecule has 0 heteroatoms. The van der Waals surface area contributed by atoms with E-state index in [2.05, 4.69) is 56.8 Å². The van der Waals surface area contributed by atoms with Crippen LogP contribution in [0.25, 0.3) is 0 Å². The Morgan fingerprint density at radius 3 is 2.36 bits per heavy atom. The van der Waals surface area contributed by atoms with Gasteiger partial charge in [-0.3, -0.25) is 0 Å². The second-order valence-corrected chi connectivity index (χ2v) is 4.32. The number of rotatable bonds is 5. The smallest absolute Gasteiger partial charge is 0.0193 e. The molecule has 1 aromatic rings. The van der Waals surface area contributed by atoms with E-state index in [0.717, 1.165) is 12.3 Å². The minimum atomic E-state index is 0.623. The number of benzene rings is 1. The van der Waals surface area contributed by atoms with Gasteiger partial charge in [-0.25, -0.2) is 0 Å². The molecule has 0 aliphatic heterocycles. The first-order chi connectivity index (χ1) is 6.72. The second kappa shape index (κ2) is 5.64. The summed E-state index contributed by atoms with van der Waals surface area (Å²) in [6.45, 7) is 8.44. The summed E-state index contributed by atoms with van der Waals surface area (Å²) in [7, 11) is 0. The molecule has 1 atom stereocenters. The van der Waals surface area contributed by atoms with Crippen LogP contribution in [0.4, 0.5) is 0 Å². The maximum Gasteiger partial charge on any atom is -0.0193 e. The van der Waals surface area contributed by atoms with Crippen LogP contribution in [-0.2, 0) is 6.42 Å². The standard InChI is InChI=1S/C14H20/c1-4-13(10-12(2)3)11-14-8-6-5-7-9-14/h4-9,12-13H,1,10-11H2,2-3H3. The SMILES string of the molecule is C=CC(Cc1ccccc1)CC(C)C. The van der Waals surface area contributed by atoms with Crippen LogP contribution in [0.15, 0.2) is 43.0 Å². The van der Waals surface area contributed by atoms with E-state index in [1.54, 1.807) is 0 Å². The van der Waals surface area contributed by atoms with Crippen LogP contribution in [0.1, 0.15) is 25.8 Å². The van der Waals surface area contributed by atoms with E-state index in [-0.39, 0.29) is 0 Å². The predicted octanol–water partition coefficient (Wildman–Crippen LogP) is 4.08. The predicted molar refractivity (Wildman–Crippen MR) is 63.3 cm³/mol. The first kappa shape index (κ1) is 11.0. The van der Waals surface area contributed by atoms with Gasteiger partial charge >= 0.3 is 0 Å². The van der Waals surface area contributed by atoms with Gasteiger partial charge in [-0.05, 0) is 30.2 Å². The van der Waals surface area contributed by atoms with Gasteiger partial charge in [-0.2, -0.15) is 0 Å². The summed E-state index contributed by atoms with van der Waals surface area (Å²) in [6, 6.07) is 10.7. The van der Waals surface area contributed by atoms with Gasteiger partial charge in [0.05, 0.1) is 0 Å². The van der Waals surface area contributed by atoms with Crippen molar-refractivity contribution in [2.24, 2.45) is 11.8 Å². The molecule has 0 nitrogen and oxygen atoms in total. The van der Waals surface area contributed by atoms with Gasteiger partial charge in [-0.1, -0.05) is 50.3 Å². The van der Waals surface area contributed by atoms with Crippen molar-refractivity contribution in [3.8, 4) is 0 Å². The summed E-state index contributed by atoms with van der Waals surface area (Å²) in [6.07, 6.45) is 4.45. The largest absolute Gasteiger partial charge is 0.103 e. The summed E-state index contributed by atoms with van der Waals surface area (Å²) in [5.41, 5.74) is 1.41. The van der Waals surface area contributed by atoms with Gasteiger partial charge in [0.15, 0.2) is 0 Å². The Kier molecular flexibility index (Phi) is 4.45. The Morgan fingerprint density at radius 2 is 1.86 bits per heavy atom. The molecule has 0 aromatic heterocycles. The van der Waals surface area contributed by atoms with Gasteiger partial charge in [0.25, 0.3) is 0 Å². The van der Waals surface area contributed by atoms with Crippen molar-refractivity contribution < 1.29 is 0 Å². The van der Waals surface area contributed by atoms with Crippen LogP contribution in [0.2, 0.25) is 0 Å². The Balaban J connectivity index is 2.53. The van der Waals surface area contributed by atoms with E-state index in [0.29, 0.717) is 5.92 Å². The third kappa shape index (κ3) is 3.78. The van der Waals surface area contributed by atoms with Crippen LogP contribution in [0.5, 0.6) is 0 Å². The average Bonchev–Trinajstić information content (AvgIpc) is 2.17. The molecule has 0 heterocycles. The van der Waals surface area contributed by atoms with E-state index in [1.807, 2.05) is 0 Å². The van der Waals surface area contributed by atoms with Crippen molar-refractivity contribution in [2.45, 2.75) is 26.7 Å². The molecule has 0 spiro atoms. The lowest BCUT2D eigenvalue weighted by molar-refractivity contribution is 0.474. The number of hydrogen-bond acceptors (Lipinski definition) is 0. The molecule has 1 unspecified atom stereocenters. The lowest BCUT2D eigenvalue weighted by atomic mass is 9.91. The van der Waals surface area contributed by atoms with Gasteiger partial charge in [0, 0.05) is 0 Å². The monoisotopic (exact) mass is 188 g/mol. The minimum Gasteiger partial charge on any atom is -0.103 e. The fraction of sp³-hybridized carbons (Fsp3) is 0.429. The zero-order chi connectivity index (χ0) is 10.4. The molecular weight excluding hydrogens is 168 g/mol. The molecule has 0 saturated heterocycles. The van der Waals surface area contributed by atoms with E-state index < -0.39 is 0 Å². The third-order valence-electron chi connectivity index (χ3n) is 2.45. The van der Waals surface area contributed by atoms with Crippen molar-refractivity contribution in [3.05, 3.63) is 48.6 Å². The van der Waals surface area contributed by atoms with Crippen LogP contribution >= 0.6 is 0 Å². The van der Waals surface area contributed by atoms with Gasteiger partial charge in [-0.15, -0.1) is 6.58 Å². The summed E-state index contributed by atoms with van der Waals surface area (Å²) >= 11 is 0. The lowest BCUT2D eigenvalue weighted by Gasteiger charge is -2.14. The highest BCUT2D eigenvalue weighted by molar-refractivity contribution is 5.16. The average molecular weight is 188 g/mol. The second-order valence-electron chi connectivity index (χ2n) is 4.32. The Bertz CT molecular complexity index is 259. The summed E-state index contributed by atoms with van der Waals surface area (Å²) < 4.78 is 0. The normalized spacial score (nSPS) is 12.8. The van der Waals surface area contributed by atoms with E-state index in [9.17, 15) is 0 Å². The lowest BCUT2D eigenvalue weighted by Crippen LogP contribution is -2.04. The first-order valence-corrected chi connectivity index (χ1v) is 5.39. The van der Waals surface area contributed by atoms with E-state index >= 15 is 0 Å². The number of allylic oxidation sites excluding steroid dienone is 1. The fourth-order valence-electron chi connectivity index (χ4n) is 1.79. The zero-order valence-corrected chi connectivity index (χ0v) is 9.24. The molecule has 0 saturated carbocycles. The molecule has 0 aliphatic carbocycles. The Hall–Kier alpha value is -1.04. The Labute approximate surface area is 87.7 Å². The molecule has 0 bridgehead atoms. The molecule has 0 N–H and O–H groups in total. The highest BCUT2D eigenvalue weighted by Crippen LogP contribution is 2.17. The van der Waals surface area contributed by atoms with Crippen molar-refractivity contribution in [3.63, 3.8) is 0 Å². The minimum absolute atomic E-state index is 0.623. The van der Waals surface area contributed by atoms with Crippen LogP contribution in [0.3, 0.4) is 0 Å². The molecule has 0 fully saturated rings. The maximum atomic E-state index is 3.91. The summed E-state index contributed by atoms with van der Waals surface area (Å²) in [4.78, 5) is 0. The molecule has 0 aliphatic rings. The summed E-state index contributed by atoms with van der Waals surface area (Å²) in [5, 5.41) is 0. The van der Waals surface area contributed by atoms with Gasteiger partial charge in [0.2, 0.25) is 0 Å². The molecule has 0 radical (unpaired) electrons. The van der Waals surface area contributed by atoms with Gasteiger partial charge < -0.3 is 0 Å². The fourth-order valence-corrected chi connectivity index (χ4v) is 1.79. The van der Waals surface area contributed by atoms with E-state index in [1.165, 1.54) is 12.0 Å². The van der Waals surface area contributed by atoms with Crippen molar-refractivity contribution in [2.75, 3.05) is 0 Å². The molecule has 1 rings (SSSR count). The summed E-state index contributed by atoms with van der Waals surface area (Å²) in [5.74, 6) is 1.37. The zero-order valence-electron chi connectivity index (χ0n) is 9.24. The highest BCUT2D eigenvalue weighted by atomic mass is 14.1. The molecular formula is C14H20. The third-order valence-corrected chi connectivity index (χ3v) is 2.45. The topological polar surface area (TPSA) is 0 Å². The van der Waals surface area contributed by atoms with Crippen molar-refractivity contribution in [1.29, 1.82) is 0 Å². The maximum absolute atomic E-state index is 3.91. The number of hydrogen-bond donors (Lipinski definition) is 0. The highest BCUT2D eigenvalue weighted by Gasteiger charge is 2.07. The molecule has 14 heavy (non-hydrogen) atoms. The van der Waals surface area contributed by atoms with Crippen LogP contribution in [0, 0.1) is 11.8 Å². The molecule has 0 amide bonds. The Morgan fingerprint density at radius 1 is 1.21 bits per heavy atom. The van der Waals surface area contributed by atoms with Crippen LogP contribution < -0.4 is 0 Å². The van der Waals surface area contributed by atoms with E-state index in [4.69, 9.17) is 0 Å². The first-order valence-electron chi connectivity index (χ1n) is 5.39. The van der Waals surface area contributed by atoms with Crippen molar-refractivity contribution >= 4 is 0 Å². The molecule has 76 valence electrons. The van der Waals surface area contributed by atoms with Gasteiger partial charge in [0.1, 0.15) is 0 Å². The molecule has 1 aromatic carbocycles. The quantitative estimate of drug-likeness (QED) is 0.611. The van der Waals surface area contributed by atoms with Crippen molar-refractivity contribution in [1.82, 2.24) is 0 Å².